The van der Waals surface area contributed by atoms with Crippen LogP contribution >= 0.6 is 0 Å². The highest BCUT2D eigenvalue weighted by Crippen LogP contribution is 2.42. The molecule has 1 atom stereocenters. The molecule has 0 N–H and O–H groups in total. The maximum Gasteiger partial charge on any atom is 0.393 e. The van der Waals surface area contributed by atoms with Gasteiger partial charge in [-0.1, -0.05) is 12.5 Å². The van der Waals surface area contributed by atoms with E-state index in [2.05, 4.69) is 10.00 Å². The zero-order valence-corrected chi connectivity index (χ0v) is 17.8. The number of halogens is 5. The second-order valence-corrected chi connectivity index (χ2v) is 9.29. The third kappa shape index (κ3) is 4.00. The van der Waals surface area contributed by atoms with E-state index in [-0.39, 0.29) is 24.7 Å². The predicted octanol–water partition coefficient (Wildman–Crippen LogP) is 5.27. The first-order valence-corrected chi connectivity index (χ1v) is 11.4. The molecule has 2 saturated heterocycles. The molecule has 3 aliphatic rings. The molecular weight excluding hydrogens is 427 g/mol. The highest BCUT2D eigenvalue weighted by atomic mass is 19.4. The van der Waals surface area contributed by atoms with Gasteiger partial charge in [0.05, 0.1) is 23.5 Å². The Kier molecular flexibility index (Phi) is 5.63. The van der Waals surface area contributed by atoms with E-state index in [0.717, 1.165) is 62.6 Å². The van der Waals surface area contributed by atoms with Crippen LogP contribution in [-0.2, 0) is 0 Å². The largest absolute Gasteiger partial charge is 0.393 e. The van der Waals surface area contributed by atoms with Crippen molar-refractivity contribution in [1.29, 1.82) is 0 Å². The number of alkyl halides is 3. The van der Waals surface area contributed by atoms with Crippen LogP contribution in [0.25, 0.3) is 5.69 Å². The molecule has 2 aromatic rings. The maximum absolute atomic E-state index is 14.4. The first kappa shape index (κ1) is 21.7. The van der Waals surface area contributed by atoms with E-state index in [1.807, 2.05) is 4.90 Å². The van der Waals surface area contributed by atoms with Gasteiger partial charge in [0.2, 0.25) is 0 Å². The third-order valence-corrected chi connectivity index (χ3v) is 7.40. The second kappa shape index (κ2) is 8.32. The molecule has 0 amide bonds. The molecule has 1 aromatic carbocycles. The minimum atomic E-state index is -4.12. The quantitative estimate of drug-likeness (QED) is 0.589. The molecule has 1 unspecified atom stereocenters. The fraction of sp³-hybridized carbons (Fsp3) is 0.609. The van der Waals surface area contributed by atoms with Crippen LogP contribution in [-0.4, -0.2) is 53.1 Å². The zero-order chi connectivity index (χ0) is 22.5. The highest BCUT2D eigenvalue weighted by molar-refractivity contribution is 5.54. The molecule has 5 rings (SSSR count). The van der Waals surface area contributed by atoms with E-state index in [4.69, 9.17) is 0 Å². The summed E-state index contributed by atoms with van der Waals surface area (Å²) < 4.78 is 68.7. The molecule has 1 aliphatic carbocycles. The minimum absolute atomic E-state index is 0.0852. The van der Waals surface area contributed by atoms with Gasteiger partial charge >= 0.3 is 6.18 Å². The van der Waals surface area contributed by atoms with Gasteiger partial charge in [-0.2, -0.15) is 18.3 Å². The van der Waals surface area contributed by atoms with Gasteiger partial charge in [0.15, 0.2) is 11.6 Å². The van der Waals surface area contributed by atoms with Gasteiger partial charge in [-0.25, -0.2) is 13.5 Å². The first-order valence-electron chi connectivity index (χ1n) is 11.4. The van der Waals surface area contributed by atoms with Gasteiger partial charge in [-0.15, -0.1) is 0 Å². The SMILES string of the molecule is Fc1cccc(-n2cc(N3CCC(N4CCC(C(F)(F)F)C4)CC3)c(C3CCC3)n2)c1F. The summed E-state index contributed by atoms with van der Waals surface area (Å²) in [7, 11) is 0. The molecule has 3 fully saturated rings. The number of anilines is 1. The topological polar surface area (TPSA) is 24.3 Å². The molecule has 4 nitrogen and oxygen atoms in total. The molecular formula is C23H27F5N4. The fourth-order valence-corrected chi connectivity index (χ4v) is 5.25. The van der Waals surface area contributed by atoms with Crippen LogP contribution in [0.5, 0.6) is 0 Å². The number of hydrogen-bond donors (Lipinski definition) is 0. The standard InChI is InChI=1S/C23H27F5N4/c24-18-5-2-6-19(21(18)25)32-14-20(22(29-32)15-3-1-4-15)30-11-8-17(9-12-30)31-10-7-16(13-31)23(26,27)28/h2,5-6,14-17H,1,3-4,7-13H2. The average Bonchev–Trinajstić information content (AvgIpc) is 3.37. The normalized spacial score (nSPS) is 23.7. The van der Waals surface area contributed by atoms with Crippen LogP contribution in [0.15, 0.2) is 24.4 Å². The van der Waals surface area contributed by atoms with Gasteiger partial charge in [0, 0.05) is 31.6 Å². The highest BCUT2D eigenvalue weighted by Gasteiger charge is 2.45. The molecule has 32 heavy (non-hydrogen) atoms. The third-order valence-electron chi connectivity index (χ3n) is 7.40. The summed E-state index contributed by atoms with van der Waals surface area (Å²) in [6, 6.07) is 4.22. The number of nitrogens with zero attached hydrogens (tertiary/aromatic N) is 4. The summed E-state index contributed by atoms with van der Waals surface area (Å²) in [5.74, 6) is -2.74. The lowest BCUT2D eigenvalue weighted by atomic mass is 9.82. The molecule has 0 radical (unpaired) electrons. The van der Waals surface area contributed by atoms with Crippen LogP contribution in [0, 0.1) is 17.6 Å². The van der Waals surface area contributed by atoms with E-state index in [1.165, 1.54) is 16.8 Å². The molecule has 1 saturated carbocycles. The van der Waals surface area contributed by atoms with Crippen molar-refractivity contribution in [2.75, 3.05) is 31.1 Å². The molecule has 1 aromatic heterocycles. The number of piperidine rings is 1. The monoisotopic (exact) mass is 454 g/mol. The Hall–Kier alpha value is -2.16. The lowest BCUT2D eigenvalue weighted by Crippen LogP contribution is -2.44. The van der Waals surface area contributed by atoms with E-state index >= 15 is 0 Å². The summed E-state index contributed by atoms with van der Waals surface area (Å²) in [6.07, 6.45) is 2.60. The zero-order valence-electron chi connectivity index (χ0n) is 17.8. The van der Waals surface area contributed by atoms with Crippen LogP contribution in [0.2, 0.25) is 0 Å². The van der Waals surface area contributed by atoms with Gasteiger partial charge in [0.25, 0.3) is 0 Å². The van der Waals surface area contributed by atoms with E-state index in [9.17, 15) is 22.0 Å². The number of likely N-dealkylation sites (tertiary alicyclic amines) is 1. The Morgan fingerprint density at radius 2 is 1.66 bits per heavy atom. The van der Waals surface area contributed by atoms with Crippen molar-refractivity contribution in [1.82, 2.24) is 14.7 Å². The summed E-state index contributed by atoms with van der Waals surface area (Å²) in [5, 5.41) is 4.65. The number of aromatic nitrogens is 2. The summed E-state index contributed by atoms with van der Waals surface area (Å²) >= 11 is 0. The van der Waals surface area contributed by atoms with E-state index in [1.54, 1.807) is 6.20 Å². The van der Waals surface area contributed by atoms with Crippen molar-refractivity contribution in [3.8, 4) is 5.69 Å². The van der Waals surface area contributed by atoms with Crippen LogP contribution < -0.4 is 4.90 Å². The fourth-order valence-electron chi connectivity index (χ4n) is 5.25. The molecule has 3 heterocycles. The average molecular weight is 454 g/mol. The molecule has 0 spiro atoms. The Morgan fingerprint density at radius 1 is 0.906 bits per heavy atom. The van der Waals surface area contributed by atoms with Crippen LogP contribution in [0.4, 0.5) is 27.6 Å². The maximum atomic E-state index is 14.4. The van der Waals surface area contributed by atoms with Gasteiger partial charge in [0.1, 0.15) is 5.69 Å². The lowest BCUT2D eigenvalue weighted by molar-refractivity contribution is -0.171. The summed E-state index contributed by atoms with van der Waals surface area (Å²) in [6.45, 7) is 2.03. The smallest absolute Gasteiger partial charge is 0.369 e. The number of hydrogen-bond acceptors (Lipinski definition) is 3. The molecule has 2 aliphatic heterocycles. The number of rotatable bonds is 4. The summed E-state index contributed by atoms with van der Waals surface area (Å²) in [4.78, 5) is 4.20. The molecule has 174 valence electrons. The van der Waals surface area contributed by atoms with Crippen molar-refractivity contribution in [3.05, 3.63) is 41.7 Å². The van der Waals surface area contributed by atoms with Gasteiger partial charge in [-0.3, -0.25) is 4.90 Å². The second-order valence-electron chi connectivity index (χ2n) is 9.29. The van der Waals surface area contributed by atoms with Crippen LogP contribution in [0.3, 0.4) is 0 Å². The molecule has 9 heteroatoms. The van der Waals surface area contributed by atoms with Crippen molar-refractivity contribution in [2.24, 2.45) is 5.92 Å². The van der Waals surface area contributed by atoms with Gasteiger partial charge < -0.3 is 4.90 Å². The number of benzene rings is 1. The predicted molar refractivity (Wildman–Crippen MR) is 111 cm³/mol. The van der Waals surface area contributed by atoms with Crippen molar-refractivity contribution >= 4 is 5.69 Å². The van der Waals surface area contributed by atoms with Crippen molar-refractivity contribution in [2.45, 2.75) is 56.7 Å². The first-order chi connectivity index (χ1) is 15.3. The van der Waals surface area contributed by atoms with Crippen molar-refractivity contribution < 1.29 is 22.0 Å². The van der Waals surface area contributed by atoms with Crippen molar-refractivity contribution in [3.63, 3.8) is 0 Å². The van der Waals surface area contributed by atoms with E-state index < -0.39 is 23.7 Å². The lowest BCUT2D eigenvalue weighted by Gasteiger charge is -2.38. The Labute approximate surface area is 184 Å². The van der Waals surface area contributed by atoms with Gasteiger partial charge in [-0.05, 0) is 50.8 Å². The summed E-state index contributed by atoms with van der Waals surface area (Å²) in [5.41, 5.74) is 1.94. The van der Waals surface area contributed by atoms with E-state index in [0.29, 0.717) is 12.5 Å². The Balaban J connectivity index is 1.32. The van der Waals surface area contributed by atoms with Crippen LogP contribution in [0.1, 0.15) is 50.1 Å². The Bertz CT molecular complexity index is 960. The molecule has 0 bridgehead atoms. The minimum Gasteiger partial charge on any atom is -0.369 e. The Morgan fingerprint density at radius 3 is 2.28 bits per heavy atom.